The fraction of sp³-hybridized carbons (Fsp3) is 0.250. The number of hydrogen-bond donors (Lipinski definition) is 1. The van der Waals surface area contributed by atoms with Crippen molar-refractivity contribution < 1.29 is 13.9 Å². The van der Waals surface area contributed by atoms with E-state index in [1.165, 1.54) is 17.3 Å². The fourth-order valence-electron chi connectivity index (χ4n) is 2.56. The van der Waals surface area contributed by atoms with Crippen LogP contribution in [0.15, 0.2) is 64.2 Å². The maximum absolute atomic E-state index is 10.8. The minimum atomic E-state index is -0.502. The predicted octanol–water partition coefficient (Wildman–Crippen LogP) is 3.57. The normalized spacial score (nSPS) is 11.9. The van der Waals surface area contributed by atoms with Crippen LogP contribution >= 0.6 is 11.8 Å². The first kappa shape index (κ1) is 19.0. The minimum absolute atomic E-state index is 0.136. The molecule has 1 unspecified atom stereocenters. The number of amides is 1. The van der Waals surface area contributed by atoms with Crippen molar-refractivity contribution in [2.45, 2.75) is 30.2 Å². The molecule has 0 saturated heterocycles. The highest BCUT2D eigenvalue weighted by molar-refractivity contribution is 7.98. The molecule has 6 nitrogen and oxygen atoms in total. The van der Waals surface area contributed by atoms with Gasteiger partial charge in [0.25, 0.3) is 11.1 Å². The summed E-state index contributed by atoms with van der Waals surface area (Å²) in [5.41, 5.74) is 7.37. The Morgan fingerprint density at radius 1 is 1.19 bits per heavy atom. The van der Waals surface area contributed by atoms with Crippen LogP contribution in [0.2, 0.25) is 0 Å². The molecular formula is C20H21N3O3S. The quantitative estimate of drug-likeness (QED) is 0.568. The molecule has 0 bridgehead atoms. The van der Waals surface area contributed by atoms with Crippen molar-refractivity contribution in [1.29, 1.82) is 0 Å². The van der Waals surface area contributed by atoms with Crippen molar-refractivity contribution in [2.24, 2.45) is 5.73 Å². The van der Waals surface area contributed by atoms with Crippen molar-refractivity contribution in [2.75, 3.05) is 6.61 Å². The molecule has 0 aliphatic carbocycles. The van der Waals surface area contributed by atoms with E-state index in [4.69, 9.17) is 14.9 Å². The van der Waals surface area contributed by atoms with Gasteiger partial charge < -0.3 is 14.9 Å². The zero-order chi connectivity index (χ0) is 19.1. The van der Waals surface area contributed by atoms with Crippen molar-refractivity contribution in [3.63, 3.8) is 0 Å². The monoisotopic (exact) mass is 383 g/mol. The smallest absolute Gasteiger partial charge is 0.276 e. The Kier molecular flexibility index (Phi) is 6.49. The number of benzene rings is 2. The number of thioether (sulfide) groups is 1. The molecule has 1 aromatic heterocycles. The number of carbonyl (C=O) groups excluding carboxylic acids is 1. The largest absolute Gasteiger partial charge is 0.484 e. The highest BCUT2D eigenvalue weighted by Crippen LogP contribution is 2.25. The van der Waals surface area contributed by atoms with Crippen LogP contribution in [0.1, 0.15) is 29.9 Å². The molecule has 0 aliphatic rings. The van der Waals surface area contributed by atoms with Crippen molar-refractivity contribution in [3.05, 3.63) is 71.6 Å². The Labute approximate surface area is 162 Å². The first-order chi connectivity index (χ1) is 13.1. The molecule has 0 radical (unpaired) electrons. The van der Waals surface area contributed by atoms with Crippen LogP contribution < -0.4 is 10.5 Å². The number of nitrogens with zero attached hydrogens (tertiary/aromatic N) is 2. The Bertz CT molecular complexity index is 883. The van der Waals surface area contributed by atoms with E-state index in [-0.39, 0.29) is 6.61 Å². The minimum Gasteiger partial charge on any atom is -0.484 e. The van der Waals surface area contributed by atoms with E-state index < -0.39 is 5.91 Å². The molecule has 0 saturated carbocycles. The highest BCUT2D eigenvalue weighted by Gasteiger charge is 2.13. The standard InChI is InChI=1S/C20H21N3O3S/c1-14(16-7-3-2-4-8-16)10-19-22-23-20(26-19)27-13-15-6-5-9-17(11-15)25-12-18(21)24/h2-9,11,14H,10,12-13H2,1H3,(H2,21,24). The summed E-state index contributed by atoms with van der Waals surface area (Å²) in [6.07, 6.45) is 0.702. The average molecular weight is 383 g/mol. The molecule has 7 heteroatoms. The van der Waals surface area contributed by atoms with Crippen LogP contribution in [0, 0.1) is 0 Å². The summed E-state index contributed by atoms with van der Waals surface area (Å²) >= 11 is 1.46. The zero-order valence-corrected chi connectivity index (χ0v) is 15.8. The molecule has 2 N–H and O–H groups in total. The highest BCUT2D eigenvalue weighted by atomic mass is 32.2. The Morgan fingerprint density at radius 3 is 2.78 bits per heavy atom. The van der Waals surface area contributed by atoms with Crippen LogP contribution in [0.3, 0.4) is 0 Å². The van der Waals surface area contributed by atoms with Gasteiger partial charge in [-0.1, -0.05) is 61.2 Å². The second-order valence-corrected chi connectivity index (χ2v) is 7.10. The van der Waals surface area contributed by atoms with Crippen LogP contribution in [0.4, 0.5) is 0 Å². The number of primary amides is 1. The van der Waals surface area contributed by atoms with Crippen molar-refractivity contribution in [3.8, 4) is 5.75 Å². The Morgan fingerprint density at radius 2 is 2.00 bits per heavy atom. The van der Waals surface area contributed by atoms with E-state index in [0.717, 1.165) is 5.56 Å². The Balaban J connectivity index is 1.54. The molecule has 2 aromatic carbocycles. The van der Waals surface area contributed by atoms with Gasteiger partial charge in [-0.2, -0.15) is 0 Å². The first-order valence-electron chi connectivity index (χ1n) is 8.60. The van der Waals surface area contributed by atoms with Gasteiger partial charge in [-0.25, -0.2) is 0 Å². The lowest BCUT2D eigenvalue weighted by Crippen LogP contribution is -2.20. The molecule has 1 heterocycles. The fourth-order valence-corrected chi connectivity index (χ4v) is 3.29. The van der Waals surface area contributed by atoms with Gasteiger partial charge >= 0.3 is 0 Å². The van der Waals surface area contributed by atoms with Crippen molar-refractivity contribution in [1.82, 2.24) is 10.2 Å². The second-order valence-electron chi connectivity index (χ2n) is 6.17. The number of nitrogens with two attached hydrogens (primary N) is 1. The molecule has 0 spiro atoms. The van der Waals surface area contributed by atoms with Gasteiger partial charge in [-0.3, -0.25) is 4.79 Å². The van der Waals surface area contributed by atoms with Gasteiger partial charge in [0.1, 0.15) is 5.75 Å². The zero-order valence-electron chi connectivity index (χ0n) is 15.0. The molecule has 0 fully saturated rings. The number of hydrogen-bond acceptors (Lipinski definition) is 6. The van der Waals surface area contributed by atoms with Gasteiger partial charge in [0.2, 0.25) is 5.89 Å². The SMILES string of the molecule is CC(Cc1nnc(SCc2cccc(OCC(N)=O)c2)o1)c1ccccc1. The predicted molar refractivity (Wildman–Crippen MR) is 104 cm³/mol. The molecule has 1 atom stereocenters. The third kappa shape index (κ3) is 5.86. The summed E-state index contributed by atoms with van der Waals surface area (Å²) in [4.78, 5) is 10.8. The first-order valence-corrected chi connectivity index (χ1v) is 9.59. The van der Waals surface area contributed by atoms with Crippen LogP contribution in [0.25, 0.3) is 0 Å². The third-order valence-corrected chi connectivity index (χ3v) is 4.83. The third-order valence-electron chi connectivity index (χ3n) is 3.94. The molecule has 0 aliphatic heterocycles. The lowest BCUT2D eigenvalue weighted by atomic mass is 9.98. The summed E-state index contributed by atoms with van der Waals surface area (Å²) in [6, 6.07) is 17.8. The van der Waals surface area contributed by atoms with Gasteiger partial charge in [0, 0.05) is 12.2 Å². The molecule has 140 valence electrons. The summed E-state index contributed by atoms with van der Waals surface area (Å²) in [5.74, 6) is 1.70. The number of aromatic nitrogens is 2. The molecule has 3 rings (SSSR count). The van der Waals surface area contributed by atoms with Crippen LogP contribution in [0.5, 0.6) is 5.75 Å². The molecule has 27 heavy (non-hydrogen) atoms. The summed E-state index contributed by atoms with van der Waals surface area (Å²) < 4.78 is 11.1. The topological polar surface area (TPSA) is 91.2 Å². The van der Waals surface area contributed by atoms with E-state index >= 15 is 0 Å². The van der Waals surface area contributed by atoms with E-state index in [9.17, 15) is 4.79 Å². The van der Waals surface area contributed by atoms with Gasteiger partial charge in [-0.15, -0.1) is 10.2 Å². The van der Waals surface area contributed by atoms with Crippen LogP contribution in [-0.4, -0.2) is 22.7 Å². The Hall–Kier alpha value is -2.80. The second kappa shape index (κ2) is 9.23. The maximum atomic E-state index is 10.8. The number of carbonyl (C=O) groups is 1. The van der Waals surface area contributed by atoms with Gasteiger partial charge in [-0.05, 0) is 29.2 Å². The number of rotatable bonds is 9. The van der Waals surface area contributed by atoms with Crippen LogP contribution in [-0.2, 0) is 17.0 Å². The summed E-state index contributed by atoms with van der Waals surface area (Å²) in [7, 11) is 0. The molecule has 1 amide bonds. The van der Waals surface area contributed by atoms with Crippen molar-refractivity contribution >= 4 is 17.7 Å². The maximum Gasteiger partial charge on any atom is 0.276 e. The van der Waals surface area contributed by atoms with E-state index in [1.807, 2.05) is 36.4 Å². The summed E-state index contributed by atoms with van der Waals surface area (Å²) in [6.45, 7) is 2.01. The number of ether oxygens (including phenoxy) is 1. The van der Waals surface area contributed by atoms with Gasteiger partial charge in [0.15, 0.2) is 6.61 Å². The lowest BCUT2D eigenvalue weighted by Gasteiger charge is -2.08. The lowest BCUT2D eigenvalue weighted by molar-refractivity contribution is -0.119. The van der Waals surface area contributed by atoms with E-state index in [2.05, 4.69) is 29.3 Å². The van der Waals surface area contributed by atoms with E-state index in [1.54, 1.807) is 6.07 Å². The van der Waals surface area contributed by atoms with Gasteiger partial charge in [0.05, 0.1) is 0 Å². The molecule has 3 aromatic rings. The molecular weight excluding hydrogens is 362 g/mol. The summed E-state index contributed by atoms with van der Waals surface area (Å²) in [5, 5.41) is 8.80. The van der Waals surface area contributed by atoms with E-state index in [0.29, 0.717) is 35.0 Å². The average Bonchev–Trinajstić information content (AvgIpc) is 3.13.